The van der Waals surface area contributed by atoms with Crippen LogP contribution in [0.2, 0.25) is 0 Å². The minimum atomic E-state index is -0.889. The van der Waals surface area contributed by atoms with Gasteiger partial charge in [-0.05, 0) is 18.1 Å². The number of carboxylic acid groups (broad SMARTS) is 1. The number of aryl methyl sites for hydroxylation is 1. The maximum atomic E-state index is 11.7. The van der Waals surface area contributed by atoms with E-state index in [4.69, 9.17) is 5.11 Å². The van der Waals surface area contributed by atoms with Crippen LogP contribution in [0.5, 0.6) is 0 Å². The Labute approximate surface area is 122 Å². The van der Waals surface area contributed by atoms with Crippen molar-refractivity contribution in [2.45, 2.75) is 19.3 Å². The van der Waals surface area contributed by atoms with Gasteiger partial charge in [0, 0.05) is 32.1 Å². The minimum Gasteiger partial charge on any atom is -0.481 e. The Morgan fingerprint density at radius 2 is 1.86 bits per heavy atom. The van der Waals surface area contributed by atoms with E-state index in [-0.39, 0.29) is 25.3 Å². The molecule has 114 valence electrons. The molecule has 1 aromatic rings. The minimum absolute atomic E-state index is 0.00299. The summed E-state index contributed by atoms with van der Waals surface area (Å²) in [5.74, 6) is -1.04. The standard InChI is InChI=1S/C14H19N3O4/c1-15-12(18)8-9-16-14(21)17-11-5-3-2-4-10(11)6-7-13(19)20/h2-5H,6-9H2,1H3,(H,15,18)(H,19,20)(H2,16,17,21). The molecule has 0 atom stereocenters. The van der Waals surface area contributed by atoms with Crippen molar-refractivity contribution in [1.82, 2.24) is 10.6 Å². The van der Waals surface area contributed by atoms with Gasteiger partial charge in [0.2, 0.25) is 5.91 Å². The van der Waals surface area contributed by atoms with Crippen molar-refractivity contribution in [3.05, 3.63) is 29.8 Å². The van der Waals surface area contributed by atoms with Gasteiger partial charge in [-0.15, -0.1) is 0 Å². The van der Waals surface area contributed by atoms with Gasteiger partial charge in [0.05, 0.1) is 0 Å². The largest absolute Gasteiger partial charge is 0.481 e. The Morgan fingerprint density at radius 1 is 1.14 bits per heavy atom. The molecule has 1 rings (SSSR count). The predicted molar refractivity (Wildman–Crippen MR) is 78.1 cm³/mol. The highest BCUT2D eigenvalue weighted by atomic mass is 16.4. The average molecular weight is 293 g/mol. The molecule has 4 N–H and O–H groups in total. The third kappa shape index (κ3) is 6.42. The van der Waals surface area contributed by atoms with Gasteiger partial charge >= 0.3 is 12.0 Å². The Balaban J connectivity index is 2.51. The zero-order valence-corrected chi connectivity index (χ0v) is 11.8. The van der Waals surface area contributed by atoms with Crippen LogP contribution in [-0.4, -0.2) is 36.6 Å². The number of amides is 3. The van der Waals surface area contributed by atoms with E-state index in [9.17, 15) is 14.4 Å². The molecular weight excluding hydrogens is 274 g/mol. The fraction of sp³-hybridized carbons (Fsp3) is 0.357. The fourth-order valence-corrected chi connectivity index (χ4v) is 1.68. The molecule has 21 heavy (non-hydrogen) atoms. The van der Waals surface area contributed by atoms with Crippen LogP contribution in [0.4, 0.5) is 10.5 Å². The van der Waals surface area contributed by atoms with Crippen LogP contribution >= 0.6 is 0 Å². The first-order chi connectivity index (χ1) is 10.0. The Kier molecular flexibility index (Phi) is 6.73. The van der Waals surface area contributed by atoms with Crippen LogP contribution in [0, 0.1) is 0 Å². The Bertz CT molecular complexity index is 517. The lowest BCUT2D eigenvalue weighted by Crippen LogP contribution is -2.32. The monoisotopic (exact) mass is 293 g/mol. The first-order valence-corrected chi connectivity index (χ1v) is 6.58. The number of para-hydroxylation sites is 1. The molecule has 0 radical (unpaired) electrons. The summed E-state index contributed by atoms with van der Waals surface area (Å²) >= 11 is 0. The summed E-state index contributed by atoms with van der Waals surface area (Å²) in [7, 11) is 1.53. The topological polar surface area (TPSA) is 108 Å². The van der Waals surface area contributed by atoms with Crippen molar-refractivity contribution in [1.29, 1.82) is 0 Å². The molecule has 0 aromatic heterocycles. The number of hydrogen-bond acceptors (Lipinski definition) is 3. The lowest BCUT2D eigenvalue weighted by molar-refractivity contribution is -0.137. The fourth-order valence-electron chi connectivity index (χ4n) is 1.68. The van der Waals surface area contributed by atoms with E-state index in [1.807, 2.05) is 0 Å². The van der Waals surface area contributed by atoms with Crippen molar-refractivity contribution in [3.8, 4) is 0 Å². The van der Waals surface area contributed by atoms with Gasteiger partial charge in [-0.25, -0.2) is 4.79 Å². The van der Waals surface area contributed by atoms with Crippen LogP contribution in [0.1, 0.15) is 18.4 Å². The van der Waals surface area contributed by atoms with Crippen LogP contribution in [0.25, 0.3) is 0 Å². The number of carbonyl (C=O) groups excluding carboxylic acids is 2. The molecule has 0 spiro atoms. The van der Waals surface area contributed by atoms with E-state index in [0.717, 1.165) is 5.56 Å². The SMILES string of the molecule is CNC(=O)CCNC(=O)Nc1ccccc1CCC(=O)O. The molecule has 7 nitrogen and oxygen atoms in total. The van der Waals surface area contributed by atoms with Crippen molar-refractivity contribution >= 4 is 23.6 Å². The molecule has 0 heterocycles. The van der Waals surface area contributed by atoms with Gasteiger partial charge in [0.1, 0.15) is 0 Å². The summed E-state index contributed by atoms with van der Waals surface area (Å²) < 4.78 is 0. The van der Waals surface area contributed by atoms with Gasteiger partial charge in [0.25, 0.3) is 0 Å². The molecule has 0 saturated carbocycles. The van der Waals surface area contributed by atoms with Crippen molar-refractivity contribution in [2.24, 2.45) is 0 Å². The van der Waals surface area contributed by atoms with E-state index >= 15 is 0 Å². The maximum absolute atomic E-state index is 11.7. The summed E-state index contributed by atoms with van der Waals surface area (Å²) in [6.07, 6.45) is 0.533. The number of urea groups is 1. The van der Waals surface area contributed by atoms with Crippen molar-refractivity contribution in [2.75, 3.05) is 18.9 Å². The molecule has 3 amide bonds. The second kappa shape index (κ2) is 8.57. The van der Waals surface area contributed by atoms with Gasteiger partial charge in [-0.3, -0.25) is 9.59 Å². The second-order valence-corrected chi connectivity index (χ2v) is 4.35. The number of hydrogen-bond donors (Lipinski definition) is 4. The lowest BCUT2D eigenvalue weighted by atomic mass is 10.1. The zero-order valence-electron chi connectivity index (χ0n) is 11.8. The van der Waals surface area contributed by atoms with Crippen LogP contribution in [0.3, 0.4) is 0 Å². The van der Waals surface area contributed by atoms with Crippen LogP contribution in [-0.2, 0) is 16.0 Å². The van der Waals surface area contributed by atoms with Crippen LogP contribution < -0.4 is 16.0 Å². The van der Waals surface area contributed by atoms with E-state index in [1.54, 1.807) is 24.3 Å². The molecule has 0 saturated heterocycles. The third-order valence-electron chi connectivity index (χ3n) is 2.79. The number of carboxylic acids is 1. The molecule has 0 fully saturated rings. The van der Waals surface area contributed by atoms with E-state index < -0.39 is 12.0 Å². The average Bonchev–Trinajstić information content (AvgIpc) is 2.46. The smallest absolute Gasteiger partial charge is 0.319 e. The molecular formula is C14H19N3O4. The first kappa shape index (κ1) is 16.5. The highest BCUT2D eigenvalue weighted by molar-refractivity contribution is 5.90. The number of anilines is 1. The molecule has 7 heteroatoms. The third-order valence-corrected chi connectivity index (χ3v) is 2.79. The second-order valence-electron chi connectivity index (χ2n) is 4.35. The number of nitrogens with one attached hydrogen (secondary N) is 3. The summed E-state index contributed by atoms with van der Waals surface area (Å²) in [4.78, 5) is 33.3. The summed E-state index contributed by atoms with van der Waals surface area (Å²) in [5, 5.41) is 16.4. The predicted octanol–water partition coefficient (Wildman–Crippen LogP) is 0.961. The van der Waals surface area contributed by atoms with Gasteiger partial charge in [-0.2, -0.15) is 0 Å². The van der Waals surface area contributed by atoms with Crippen molar-refractivity contribution < 1.29 is 19.5 Å². The molecule has 1 aromatic carbocycles. The van der Waals surface area contributed by atoms with E-state index in [0.29, 0.717) is 12.1 Å². The highest BCUT2D eigenvalue weighted by Crippen LogP contribution is 2.16. The van der Waals surface area contributed by atoms with E-state index in [1.165, 1.54) is 7.05 Å². The number of aliphatic carboxylic acids is 1. The van der Waals surface area contributed by atoms with Crippen LogP contribution in [0.15, 0.2) is 24.3 Å². The summed E-state index contributed by atoms with van der Waals surface area (Å²) in [6.45, 7) is 0.225. The molecule has 0 bridgehead atoms. The van der Waals surface area contributed by atoms with Gasteiger partial charge in [0.15, 0.2) is 0 Å². The number of benzene rings is 1. The van der Waals surface area contributed by atoms with E-state index in [2.05, 4.69) is 16.0 Å². The molecule has 0 unspecified atom stereocenters. The summed E-state index contributed by atoms with van der Waals surface area (Å²) in [6, 6.07) is 6.58. The normalized spacial score (nSPS) is 9.76. The number of rotatable bonds is 7. The lowest BCUT2D eigenvalue weighted by Gasteiger charge is -2.11. The molecule has 0 aliphatic heterocycles. The molecule has 0 aliphatic rings. The highest BCUT2D eigenvalue weighted by Gasteiger charge is 2.08. The number of carbonyl (C=O) groups is 3. The summed E-state index contributed by atoms with van der Waals surface area (Å²) in [5.41, 5.74) is 1.32. The Hall–Kier alpha value is -2.57. The van der Waals surface area contributed by atoms with Gasteiger partial charge < -0.3 is 21.1 Å². The van der Waals surface area contributed by atoms with Crippen molar-refractivity contribution in [3.63, 3.8) is 0 Å². The van der Waals surface area contributed by atoms with Gasteiger partial charge in [-0.1, -0.05) is 18.2 Å². The maximum Gasteiger partial charge on any atom is 0.319 e. The zero-order chi connectivity index (χ0) is 15.7. The Morgan fingerprint density at radius 3 is 2.52 bits per heavy atom. The first-order valence-electron chi connectivity index (χ1n) is 6.58. The quantitative estimate of drug-likeness (QED) is 0.600. The molecule has 0 aliphatic carbocycles.